The highest BCUT2D eigenvalue weighted by molar-refractivity contribution is 5.54. The van der Waals surface area contributed by atoms with Crippen LogP contribution in [0.5, 0.6) is 0 Å². The minimum atomic E-state index is -0.247. The van der Waals surface area contributed by atoms with Crippen LogP contribution >= 0.6 is 0 Å². The van der Waals surface area contributed by atoms with Gasteiger partial charge in [0.25, 0.3) is 0 Å². The van der Waals surface area contributed by atoms with Crippen molar-refractivity contribution in [1.29, 1.82) is 0 Å². The summed E-state index contributed by atoms with van der Waals surface area (Å²) in [7, 11) is 0. The summed E-state index contributed by atoms with van der Waals surface area (Å²) in [6.07, 6.45) is 4.18. The monoisotopic (exact) mass is 215 g/mol. The number of hydrogen-bond acceptors (Lipinski definition) is 2. The van der Waals surface area contributed by atoms with Gasteiger partial charge in [-0.15, -0.1) is 0 Å². The molecule has 0 aromatic heterocycles. The Morgan fingerprint density at radius 3 is 2.44 bits per heavy atom. The van der Waals surface area contributed by atoms with Crippen LogP contribution in [0, 0.1) is 5.92 Å². The molecule has 2 bridgehead atoms. The SMILES string of the molecule is O[C@@H]1/C(=C/c2ccccc2)N2CCC1CC2. The van der Waals surface area contributed by atoms with Gasteiger partial charge in [-0.3, -0.25) is 0 Å². The van der Waals surface area contributed by atoms with Crippen LogP contribution in [-0.4, -0.2) is 29.2 Å². The van der Waals surface area contributed by atoms with Crippen molar-refractivity contribution in [3.8, 4) is 0 Å². The van der Waals surface area contributed by atoms with E-state index < -0.39 is 0 Å². The predicted molar refractivity (Wildman–Crippen MR) is 64.7 cm³/mol. The summed E-state index contributed by atoms with van der Waals surface area (Å²) in [5, 5.41) is 10.2. The minimum Gasteiger partial charge on any atom is -0.387 e. The number of rotatable bonds is 1. The van der Waals surface area contributed by atoms with Crippen molar-refractivity contribution < 1.29 is 5.11 Å². The number of aliphatic hydroxyl groups is 1. The molecule has 0 saturated carbocycles. The molecule has 3 heterocycles. The molecule has 2 heteroatoms. The lowest BCUT2D eigenvalue weighted by atomic mass is 9.83. The Balaban J connectivity index is 1.92. The molecule has 1 atom stereocenters. The second-order valence-corrected chi connectivity index (χ2v) is 4.75. The first-order chi connectivity index (χ1) is 7.84. The molecule has 0 aliphatic carbocycles. The summed E-state index contributed by atoms with van der Waals surface area (Å²) in [5.74, 6) is 0.486. The van der Waals surface area contributed by atoms with Gasteiger partial charge in [0.1, 0.15) is 0 Å². The maximum absolute atomic E-state index is 10.2. The molecule has 0 spiro atoms. The lowest BCUT2D eigenvalue weighted by Gasteiger charge is -2.45. The molecular formula is C14H17NO. The number of nitrogens with zero attached hydrogens (tertiary/aromatic N) is 1. The Labute approximate surface area is 96.2 Å². The smallest absolute Gasteiger partial charge is 0.0965 e. The van der Waals surface area contributed by atoms with E-state index in [1.54, 1.807) is 0 Å². The van der Waals surface area contributed by atoms with Gasteiger partial charge >= 0.3 is 0 Å². The van der Waals surface area contributed by atoms with Crippen LogP contribution in [-0.2, 0) is 0 Å². The van der Waals surface area contributed by atoms with Gasteiger partial charge in [-0.1, -0.05) is 30.3 Å². The summed E-state index contributed by atoms with van der Waals surface area (Å²) in [5.41, 5.74) is 2.30. The van der Waals surface area contributed by atoms with E-state index >= 15 is 0 Å². The van der Waals surface area contributed by atoms with E-state index in [4.69, 9.17) is 0 Å². The number of piperidine rings is 3. The lowest BCUT2D eigenvalue weighted by molar-refractivity contribution is 0.0215. The molecule has 4 rings (SSSR count). The van der Waals surface area contributed by atoms with E-state index in [0.29, 0.717) is 5.92 Å². The molecule has 1 aromatic rings. The number of aliphatic hydroxyl groups excluding tert-OH is 1. The third-order valence-corrected chi connectivity index (χ3v) is 3.77. The first kappa shape index (κ1) is 9.91. The fourth-order valence-corrected chi connectivity index (χ4v) is 2.80. The first-order valence-corrected chi connectivity index (χ1v) is 6.04. The molecule has 16 heavy (non-hydrogen) atoms. The van der Waals surface area contributed by atoms with E-state index in [0.717, 1.165) is 31.6 Å². The van der Waals surface area contributed by atoms with E-state index in [1.807, 2.05) is 18.2 Å². The van der Waals surface area contributed by atoms with E-state index in [-0.39, 0.29) is 6.10 Å². The maximum Gasteiger partial charge on any atom is 0.0965 e. The van der Waals surface area contributed by atoms with Gasteiger partial charge in [-0.2, -0.15) is 0 Å². The lowest BCUT2D eigenvalue weighted by Crippen LogP contribution is -2.48. The summed E-state index contributed by atoms with van der Waals surface area (Å²) in [6, 6.07) is 10.3. The quantitative estimate of drug-likeness (QED) is 0.775. The van der Waals surface area contributed by atoms with Crippen molar-refractivity contribution in [3.05, 3.63) is 41.6 Å². The predicted octanol–water partition coefficient (Wildman–Crippen LogP) is 2.11. The second kappa shape index (κ2) is 3.95. The van der Waals surface area contributed by atoms with Gasteiger partial charge in [-0.25, -0.2) is 0 Å². The van der Waals surface area contributed by atoms with Crippen molar-refractivity contribution >= 4 is 6.08 Å². The Morgan fingerprint density at radius 2 is 1.81 bits per heavy atom. The van der Waals surface area contributed by atoms with Gasteiger partial charge in [0.05, 0.1) is 6.10 Å². The molecule has 3 aliphatic rings. The molecule has 3 fully saturated rings. The van der Waals surface area contributed by atoms with Gasteiger partial charge in [0, 0.05) is 18.8 Å². The van der Waals surface area contributed by atoms with Gasteiger partial charge < -0.3 is 10.0 Å². The van der Waals surface area contributed by atoms with Crippen molar-refractivity contribution in [2.24, 2.45) is 5.92 Å². The van der Waals surface area contributed by atoms with Crippen LogP contribution < -0.4 is 0 Å². The van der Waals surface area contributed by atoms with Gasteiger partial charge in [0.15, 0.2) is 0 Å². The fraction of sp³-hybridized carbons (Fsp3) is 0.429. The normalized spacial score (nSPS) is 31.1. The Morgan fingerprint density at radius 1 is 1.12 bits per heavy atom. The number of benzene rings is 1. The summed E-state index contributed by atoms with van der Waals surface area (Å²) in [4.78, 5) is 2.33. The third-order valence-electron chi connectivity index (χ3n) is 3.77. The average molecular weight is 215 g/mol. The van der Waals surface area contributed by atoms with Crippen LogP contribution in [0.25, 0.3) is 6.08 Å². The molecule has 0 radical (unpaired) electrons. The zero-order valence-electron chi connectivity index (χ0n) is 9.34. The Bertz CT molecular complexity index is 386. The zero-order valence-corrected chi connectivity index (χ0v) is 9.34. The highest BCUT2D eigenvalue weighted by Crippen LogP contribution is 2.35. The Hall–Kier alpha value is -1.28. The molecule has 0 unspecified atom stereocenters. The third kappa shape index (κ3) is 1.63. The largest absolute Gasteiger partial charge is 0.387 e. The summed E-state index contributed by atoms with van der Waals surface area (Å²) in [6.45, 7) is 2.22. The summed E-state index contributed by atoms with van der Waals surface area (Å²) < 4.78 is 0. The van der Waals surface area contributed by atoms with Crippen LogP contribution in [0.1, 0.15) is 18.4 Å². The highest BCUT2D eigenvalue weighted by atomic mass is 16.3. The fourth-order valence-electron chi connectivity index (χ4n) is 2.80. The average Bonchev–Trinajstić information content (AvgIpc) is 2.36. The highest BCUT2D eigenvalue weighted by Gasteiger charge is 2.36. The van der Waals surface area contributed by atoms with Gasteiger partial charge in [0.2, 0.25) is 0 Å². The van der Waals surface area contributed by atoms with Crippen molar-refractivity contribution in [3.63, 3.8) is 0 Å². The van der Waals surface area contributed by atoms with Crippen LogP contribution in [0.2, 0.25) is 0 Å². The molecule has 1 N–H and O–H groups in total. The Kier molecular flexibility index (Phi) is 2.44. The summed E-state index contributed by atoms with van der Waals surface area (Å²) >= 11 is 0. The molecule has 3 aliphatic heterocycles. The van der Waals surface area contributed by atoms with Crippen LogP contribution in [0.3, 0.4) is 0 Å². The first-order valence-electron chi connectivity index (χ1n) is 6.04. The van der Waals surface area contributed by atoms with E-state index in [2.05, 4.69) is 23.1 Å². The molecule has 2 nitrogen and oxygen atoms in total. The molecule has 3 saturated heterocycles. The zero-order chi connectivity index (χ0) is 11.0. The van der Waals surface area contributed by atoms with Crippen molar-refractivity contribution in [2.75, 3.05) is 13.1 Å². The van der Waals surface area contributed by atoms with E-state index in [9.17, 15) is 5.11 Å². The van der Waals surface area contributed by atoms with Crippen LogP contribution in [0.4, 0.5) is 0 Å². The van der Waals surface area contributed by atoms with Crippen molar-refractivity contribution in [1.82, 2.24) is 4.90 Å². The number of hydrogen-bond donors (Lipinski definition) is 1. The topological polar surface area (TPSA) is 23.5 Å². The van der Waals surface area contributed by atoms with Crippen molar-refractivity contribution in [2.45, 2.75) is 18.9 Å². The maximum atomic E-state index is 10.2. The number of fused-ring (bicyclic) bond motifs is 3. The second-order valence-electron chi connectivity index (χ2n) is 4.75. The molecule has 84 valence electrons. The molecule has 1 aromatic carbocycles. The van der Waals surface area contributed by atoms with Crippen LogP contribution in [0.15, 0.2) is 36.0 Å². The molecular weight excluding hydrogens is 198 g/mol. The standard InChI is InChI=1S/C14H17NO/c16-14-12-6-8-15(9-7-12)13(14)10-11-4-2-1-3-5-11/h1-5,10,12,14,16H,6-9H2/b13-10-/t14-/m0/s1. The van der Waals surface area contributed by atoms with Gasteiger partial charge in [-0.05, 0) is 30.4 Å². The van der Waals surface area contributed by atoms with E-state index in [1.165, 1.54) is 5.56 Å². The molecule has 0 amide bonds. The minimum absolute atomic E-state index is 0.247.